The quantitative estimate of drug-likeness (QED) is 0.779. The van der Waals surface area contributed by atoms with Gasteiger partial charge in [-0.2, -0.15) is 0 Å². The maximum absolute atomic E-state index is 6.17. The van der Waals surface area contributed by atoms with Crippen molar-refractivity contribution in [1.29, 1.82) is 0 Å². The van der Waals surface area contributed by atoms with Crippen LogP contribution in [0.5, 0.6) is 0 Å². The summed E-state index contributed by atoms with van der Waals surface area (Å²) in [5, 5.41) is 3.61. The molecule has 3 unspecified atom stereocenters. The second-order valence-corrected chi connectivity index (χ2v) is 5.81. The fourth-order valence-corrected chi connectivity index (χ4v) is 3.39. The minimum Gasteiger partial charge on any atom is -0.375 e. The average molecular weight is 225 g/mol. The molecular formula is C14H27NO. The highest BCUT2D eigenvalue weighted by molar-refractivity contribution is 4.91. The van der Waals surface area contributed by atoms with Crippen LogP contribution in [0.3, 0.4) is 0 Å². The summed E-state index contributed by atoms with van der Waals surface area (Å²) in [5.41, 5.74) is 0.232. The van der Waals surface area contributed by atoms with Crippen LogP contribution in [-0.2, 0) is 4.74 Å². The Morgan fingerprint density at radius 3 is 2.94 bits per heavy atom. The average Bonchev–Trinajstić information content (AvgIpc) is 2.43. The Hall–Kier alpha value is -0.0800. The summed E-state index contributed by atoms with van der Waals surface area (Å²) in [5.74, 6) is 0.905. The zero-order valence-electron chi connectivity index (χ0n) is 10.9. The van der Waals surface area contributed by atoms with E-state index in [1.54, 1.807) is 0 Å². The zero-order valence-corrected chi connectivity index (χ0v) is 10.9. The largest absolute Gasteiger partial charge is 0.375 e. The van der Waals surface area contributed by atoms with Gasteiger partial charge >= 0.3 is 0 Å². The molecule has 0 bridgehead atoms. The van der Waals surface area contributed by atoms with Gasteiger partial charge in [-0.1, -0.05) is 26.7 Å². The molecule has 1 heterocycles. The van der Waals surface area contributed by atoms with Gasteiger partial charge in [-0.05, 0) is 44.6 Å². The van der Waals surface area contributed by atoms with Gasteiger partial charge in [0.2, 0.25) is 0 Å². The van der Waals surface area contributed by atoms with Crippen molar-refractivity contribution in [2.45, 2.75) is 70.4 Å². The fraction of sp³-hybridized carbons (Fsp3) is 1.00. The van der Waals surface area contributed by atoms with Gasteiger partial charge in [-0.15, -0.1) is 0 Å². The van der Waals surface area contributed by atoms with Crippen LogP contribution in [0.1, 0.15) is 58.8 Å². The van der Waals surface area contributed by atoms with Gasteiger partial charge in [0.25, 0.3) is 0 Å². The van der Waals surface area contributed by atoms with Crippen LogP contribution in [0.25, 0.3) is 0 Å². The Bertz CT molecular complexity index is 217. The molecule has 2 heteroatoms. The molecule has 0 radical (unpaired) electrons. The molecule has 2 rings (SSSR count). The van der Waals surface area contributed by atoms with Gasteiger partial charge in [-0.25, -0.2) is 0 Å². The molecule has 16 heavy (non-hydrogen) atoms. The van der Waals surface area contributed by atoms with E-state index in [9.17, 15) is 0 Å². The molecule has 0 aromatic heterocycles. The monoisotopic (exact) mass is 225 g/mol. The summed E-state index contributed by atoms with van der Waals surface area (Å²) in [6.07, 6.45) is 9.14. The lowest BCUT2D eigenvalue weighted by Gasteiger charge is -2.41. The SMILES string of the molecule is CCNC1CCOC2(CCCC(C)CC2)C1. The van der Waals surface area contributed by atoms with E-state index in [-0.39, 0.29) is 5.60 Å². The summed E-state index contributed by atoms with van der Waals surface area (Å²) in [6.45, 7) is 6.66. The Morgan fingerprint density at radius 2 is 2.12 bits per heavy atom. The second kappa shape index (κ2) is 5.50. The number of hydrogen-bond acceptors (Lipinski definition) is 2. The smallest absolute Gasteiger partial charge is 0.0697 e. The van der Waals surface area contributed by atoms with E-state index in [0.29, 0.717) is 6.04 Å². The molecule has 94 valence electrons. The first-order chi connectivity index (χ1) is 7.74. The molecule has 1 spiro atoms. The van der Waals surface area contributed by atoms with E-state index >= 15 is 0 Å². The third-order valence-electron chi connectivity index (χ3n) is 4.41. The van der Waals surface area contributed by atoms with E-state index in [1.807, 2.05) is 0 Å². The molecule has 0 amide bonds. The molecular weight excluding hydrogens is 198 g/mol. The molecule has 0 aromatic carbocycles. The lowest BCUT2D eigenvalue weighted by Crippen LogP contribution is -2.46. The van der Waals surface area contributed by atoms with Crippen molar-refractivity contribution in [1.82, 2.24) is 5.32 Å². The maximum Gasteiger partial charge on any atom is 0.0697 e. The molecule has 0 aromatic rings. The Balaban J connectivity index is 1.94. The topological polar surface area (TPSA) is 21.3 Å². The van der Waals surface area contributed by atoms with E-state index in [4.69, 9.17) is 4.74 Å². The van der Waals surface area contributed by atoms with Gasteiger partial charge in [0.15, 0.2) is 0 Å². The molecule has 2 aliphatic rings. The number of ether oxygens (including phenoxy) is 1. The summed E-state index contributed by atoms with van der Waals surface area (Å²) in [6, 6.07) is 0.701. The Kier molecular flexibility index (Phi) is 4.26. The summed E-state index contributed by atoms with van der Waals surface area (Å²) in [7, 11) is 0. The van der Waals surface area contributed by atoms with Crippen molar-refractivity contribution in [3.63, 3.8) is 0 Å². The van der Waals surface area contributed by atoms with Crippen molar-refractivity contribution in [3.8, 4) is 0 Å². The number of hydrogen-bond donors (Lipinski definition) is 1. The van der Waals surface area contributed by atoms with E-state index in [0.717, 1.165) is 19.1 Å². The third kappa shape index (κ3) is 2.98. The Labute approximate surface area is 100 Å². The highest BCUT2D eigenvalue weighted by atomic mass is 16.5. The van der Waals surface area contributed by atoms with Gasteiger partial charge in [0.05, 0.1) is 5.60 Å². The van der Waals surface area contributed by atoms with E-state index in [2.05, 4.69) is 19.2 Å². The van der Waals surface area contributed by atoms with Crippen LogP contribution in [0.2, 0.25) is 0 Å². The molecule has 1 aliphatic carbocycles. The second-order valence-electron chi connectivity index (χ2n) is 5.81. The summed E-state index contributed by atoms with van der Waals surface area (Å²) in [4.78, 5) is 0. The van der Waals surface area contributed by atoms with Crippen LogP contribution >= 0.6 is 0 Å². The Morgan fingerprint density at radius 1 is 1.25 bits per heavy atom. The van der Waals surface area contributed by atoms with Crippen molar-refractivity contribution in [2.24, 2.45) is 5.92 Å². The molecule has 1 aliphatic heterocycles. The summed E-state index contributed by atoms with van der Waals surface area (Å²) >= 11 is 0. The van der Waals surface area contributed by atoms with Crippen molar-refractivity contribution in [2.75, 3.05) is 13.2 Å². The van der Waals surface area contributed by atoms with Gasteiger partial charge in [0, 0.05) is 12.6 Å². The van der Waals surface area contributed by atoms with Gasteiger partial charge in [0.1, 0.15) is 0 Å². The lowest BCUT2D eigenvalue weighted by molar-refractivity contribution is -0.0975. The molecule has 1 N–H and O–H groups in total. The van der Waals surface area contributed by atoms with Crippen LogP contribution in [0.15, 0.2) is 0 Å². The first-order valence-electron chi connectivity index (χ1n) is 7.11. The minimum absolute atomic E-state index is 0.232. The first-order valence-corrected chi connectivity index (χ1v) is 7.11. The molecule has 3 atom stereocenters. The number of nitrogens with one attached hydrogen (secondary N) is 1. The van der Waals surface area contributed by atoms with Crippen molar-refractivity contribution < 1.29 is 4.74 Å². The van der Waals surface area contributed by atoms with Crippen LogP contribution in [0, 0.1) is 5.92 Å². The number of rotatable bonds is 2. The molecule has 2 nitrogen and oxygen atoms in total. The lowest BCUT2D eigenvalue weighted by atomic mass is 9.84. The van der Waals surface area contributed by atoms with Crippen molar-refractivity contribution in [3.05, 3.63) is 0 Å². The predicted octanol–water partition coefficient (Wildman–Crippen LogP) is 3.11. The van der Waals surface area contributed by atoms with Crippen LogP contribution in [-0.4, -0.2) is 24.8 Å². The standard InChI is InChI=1S/C14H27NO/c1-3-15-13-7-10-16-14(11-13)8-4-5-12(2)6-9-14/h12-13,15H,3-11H2,1-2H3. The first kappa shape index (κ1) is 12.4. The zero-order chi connectivity index (χ0) is 11.4. The fourth-order valence-electron chi connectivity index (χ4n) is 3.39. The van der Waals surface area contributed by atoms with Crippen molar-refractivity contribution >= 4 is 0 Å². The molecule has 2 fully saturated rings. The summed E-state index contributed by atoms with van der Waals surface area (Å²) < 4.78 is 6.17. The van der Waals surface area contributed by atoms with E-state index in [1.165, 1.54) is 44.9 Å². The molecule has 1 saturated carbocycles. The third-order valence-corrected chi connectivity index (χ3v) is 4.41. The maximum atomic E-state index is 6.17. The molecule has 1 saturated heterocycles. The van der Waals surface area contributed by atoms with Crippen LogP contribution in [0.4, 0.5) is 0 Å². The normalized spacial score (nSPS) is 40.9. The highest BCUT2D eigenvalue weighted by Crippen LogP contribution is 2.39. The minimum atomic E-state index is 0.232. The van der Waals surface area contributed by atoms with Crippen LogP contribution < -0.4 is 5.32 Å². The van der Waals surface area contributed by atoms with E-state index < -0.39 is 0 Å². The van der Waals surface area contributed by atoms with Gasteiger partial charge < -0.3 is 10.1 Å². The van der Waals surface area contributed by atoms with Gasteiger partial charge in [-0.3, -0.25) is 0 Å². The predicted molar refractivity (Wildman–Crippen MR) is 67.6 cm³/mol. The highest BCUT2D eigenvalue weighted by Gasteiger charge is 2.38.